The van der Waals surface area contributed by atoms with Gasteiger partial charge in [0.1, 0.15) is 4.90 Å². The van der Waals surface area contributed by atoms with Crippen LogP contribution in [0.5, 0.6) is 0 Å². The first-order chi connectivity index (χ1) is 11.1. The van der Waals surface area contributed by atoms with E-state index in [0.29, 0.717) is 30.4 Å². The molecule has 5 nitrogen and oxygen atoms in total. The third-order valence-electron chi connectivity index (χ3n) is 4.49. The number of sulfonamides is 1. The number of benzene rings is 1. The van der Waals surface area contributed by atoms with E-state index in [1.165, 1.54) is 6.20 Å². The third kappa shape index (κ3) is 3.64. The van der Waals surface area contributed by atoms with Crippen molar-refractivity contribution < 1.29 is 8.42 Å². The minimum atomic E-state index is -3.43. The van der Waals surface area contributed by atoms with Crippen LogP contribution in [0.4, 0.5) is 0 Å². The number of hydrogen-bond donors (Lipinski definition) is 0. The summed E-state index contributed by atoms with van der Waals surface area (Å²) in [6.07, 6.45) is 6.19. The van der Waals surface area contributed by atoms with Gasteiger partial charge in [0.2, 0.25) is 10.0 Å². The summed E-state index contributed by atoms with van der Waals surface area (Å²) in [5, 5.41) is 4.22. The molecule has 2 aromatic rings. The monoisotopic (exact) mass is 333 g/mol. The molecule has 6 heteroatoms. The number of piperidine rings is 1. The Kier molecular flexibility index (Phi) is 4.82. The van der Waals surface area contributed by atoms with Crippen molar-refractivity contribution in [2.75, 3.05) is 13.1 Å². The van der Waals surface area contributed by atoms with Crippen LogP contribution in [0.3, 0.4) is 0 Å². The topological polar surface area (TPSA) is 55.2 Å². The van der Waals surface area contributed by atoms with Gasteiger partial charge < -0.3 is 0 Å². The molecule has 0 N–H and O–H groups in total. The Labute approximate surface area is 138 Å². The number of hydrogen-bond acceptors (Lipinski definition) is 3. The van der Waals surface area contributed by atoms with Gasteiger partial charge >= 0.3 is 0 Å². The molecule has 1 aromatic heterocycles. The van der Waals surface area contributed by atoms with Crippen LogP contribution in [0.15, 0.2) is 47.6 Å². The largest absolute Gasteiger partial charge is 0.267 e. The lowest BCUT2D eigenvalue weighted by molar-refractivity contribution is 0.261. The number of rotatable bonds is 5. The standard InChI is InChI=1S/C17H23N3O2S/c1-2-15-9-6-10-20(13-15)23(21,22)17-11-18-19(14-17)12-16-7-4-3-5-8-16/h3-5,7-8,11,14-15H,2,6,9-10,12-13H2,1H3. The van der Waals surface area contributed by atoms with Crippen molar-refractivity contribution in [3.63, 3.8) is 0 Å². The maximum Gasteiger partial charge on any atom is 0.246 e. The van der Waals surface area contributed by atoms with E-state index in [9.17, 15) is 8.42 Å². The predicted octanol–water partition coefficient (Wildman–Crippen LogP) is 2.74. The third-order valence-corrected chi connectivity index (χ3v) is 6.31. The van der Waals surface area contributed by atoms with E-state index in [1.807, 2.05) is 30.3 Å². The molecule has 0 aliphatic carbocycles. The highest BCUT2D eigenvalue weighted by Crippen LogP contribution is 2.25. The van der Waals surface area contributed by atoms with E-state index in [2.05, 4.69) is 12.0 Å². The second-order valence-electron chi connectivity index (χ2n) is 6.14. The summed E-state index contributed by atoms with van der Waals surface area (Å²) >= 11 is 0. The van der Waals surface area contributed by atoms with Gasteiger partial charge in [0.15, 0.2) is 0 Å². The highest BCUT2D eigenvalue weighted by Gasteiger charge is 2.30. The van der Waals surface area contributed by atoms with Gasteiger partial charge in [0.05, 0.1) is 12.7 Å². The summed E-state index contributed by atoms with van der Waals surface area (Å²) in [5.74, 6) is 0.470. The summed E-state index contributed by atoms with van der Waals surface area (Å²) in [7, 11) is -3.43. The van der Waals surface area contributed by atoms with Gasteiger partial charge in [-0.3, -0.25) is 4.68 Å². The van der Waals surface area contributed by atoms with E-state index in [4.69, 9.17) is 0 Å². The zero-order valence-corrected chi connectivity index (χ0v) is 14.2. The second-order valence-corrected chi connectivity index (χ2v) is 8.08. The molecule has 2 heterocycles. The molecule has 0 spiro atoms. The fourth-order valence-corrected chi connectivity index (χ4v) is 4.57. The molecular formula is C17H23N3O2S. The quantitative estimate of drug-likeness (QED) is 0.845. The van der Waals surface area contributed by atoms with Gasteiger partial charge in [0.25, 0.3) is 0 Å². The van der Waals surface area contributed by atoms with Crippen LogP contribution >= 0.6 is 0 Å². The van der Waals surface area contributed by atoms with E-state index >= 15 is 0 Å². The first-order valence-electron chi connectivity index (χ1n) is 8.16. The minimum absolute atomic E-state index is 0.296. The molecule has 0 bridgehead atoms. The average Bonchev–Trinajstić information content (AvgIpc) is 3.05. The van der Waals surface area contributed by atoms with Gasteiger partial charge in [-0.2, -0.15) is 9.40 Å². The van der Waals surface area contributed by atoms with Crippen molar-refractivity contribution in [2.45, 2.75) is 37.6 Å². The van der Waals surface area contributed by atoms with Crippen LogP contribution in [0.25, 0.3) is 0 Å². The first-order valence-corrected chi connectivity index (χ1v) is 9.60. The van der Waals surface area contributed by atoms with Crippen molar-refractivity contribution in [2.24, 2.45) is 5.92 Å². The fourth-order valence-electron chi connectivity index (χ4n) is 3.06. The van der Waals surface area contributed by atoms with Gasteiger partial charge in [-0.05, 0) is 24.3 Å². The maximum atomic E-state index is 12.8. The van der Waals surface area contributed by atoms with Crippen molar-refractivity contribution in [3.8, 4) is 0 Å². The Hall–Kier alpha value is -1.66. The molecule has 1 aliphatic rings. The molecule has 1 saturated heterocycles. The van der Waals surface area contributed by atoms with Gasteiger partial charge in [-0.1, -0.05) is 43.7 Å². The number of aromatic nitrogens is 2. The second kappa shape index (κ2) is 6.84. The van der Waals surface area contributed by atoms with E-state index < -0.39 is 10.0 Å². The molecule has 23 heavy (non-hydrogen) atoms. The van der Waals surface area contributed by atoms with E-state index in [0.717, 1.165) is 24.8 Å². The maximum absolute atomic E-state index is 12.8. The summed E-state index contributed by atoms with van der Waals surface area (Å²) in [6, 6.07) is 9.91. The van der Waals surface area contributed by atoms with Gasteiger partial charge in [-0.15, -0.1) is 0 Å². The summed E-state index contributed by atoms with van der Waals surface area (Å²) in [6.45, 7) is 3.94. The molecule has 1 aromatic carbocycles. The lowest BCUT2D eigenvalue weighted by atomic mass is 9.97. The molecule has 0 amide bonds. The highest BCUT2D eigenvalue weighted by molar-refractivity contribution is 7.89. The first kappa shape index (κ1) is 16.2. The molecule has 0 radical (unpaired) electrons. The Morgan fingerprint density at radius 3 is 2.78 bits per heavy atom. The molecular weight excluding hydrogens is 310 g/mol. The minimum Gasteiger partial charge on any atom is -0.267 e. The van der Waals surface area contributed by atoms with Crippen molar-refractivity contribution in [1.82, 2.24) is 14.1 Å². The number of nitrogens with zero attached hydrogens (tertiary/aromatic N) is 3. The van der Waals surface area contributed by atoms with E-state index in [-0.39, 0.29) is 0 Å². The highest BCUT2D eigenvalue weighted by atomic mass is 32.2. The molecule has 124 valence electrons. The lowest BCUT2D eigenvalue weighted by Gasteiger charge is -2.30. The Morgan fingerprint density at radius 1 is 1.26 bits per heavy atom. The van der Waals surface area contributed by atoms with Crippen LogP contribution in [0.2, 0.25) is 0 Å². The van der Waals surface area contributed by atoms with Gasteiger partial charge in [0, 0.05) is 19.3 Å². The molecule has 3 rings (SSSR count). The molecule has 1 fully saturated rings. The fraction of sp³-hybridized carbons (Fsp3) is 0.471. The molecule has 1 atom stereocenters. The van der Waals surface area contributed by atoms with Crippen molar-refractivity contribution in [3.05, 3.63) is 48.3 Å². The van der Waals surface area contributed by atoms with Crippen LogP contribution in [0.1, 0.15) is 31.7 Å². The van der Waals surface area contributed by atoms with Gasteiger partial charge in [-0.25, -0.2) is 8.42 Å². The summed E-state index contributed by atoms with van der Waals surface area (Å²) in [4.78, 5) is 0.296. The Balaban J connectivity index is 1.76. The normalized spacial score (nSPS) is 19.8. The van der Waals surface area contributed by atoms with Crippen molar-refractivity contribution in [1.29, 1.82) is 0 Å². The molecule has 0 saturated carbocycles. The van der Waals surface area contributed by atoms with Crippen LogP contribution < -0.4 is 0 Å². The predicted molar refractivity (Wildman–Crippen MR) is 89.5 cm³/mol. The zero-order valence-electron chi connectivity index (χ0n) is 13.4. The molecule has 1 aliphatic heterocycles. The van der Waals surface area contributed by atoms with Crippen molar-refractivity contribution >= 4 is 10.0 Å². The smallest absolute Gasteiger partial charge is 0.246 e. The molecule has 1 unspecified atom stereocenters. The lowest BCUT2D eigenvalue weighted by Crippen LogP contribution is -2.39. The Morgan fingerprint density at radius 2 is 2.04 bits per heavy atom. The summed E-state index contributed by atoms with van der Waals surface area (Å²) < 4.78 is 28.9. The zero-order chi connectivity index (χ0) is 16.3. The average molecular weight is 333 g/mol. The Bertz CT molecular complexity index is 740. The van der Waals surface area contributed by atoms with E-state index in [1.54, 1.807) is 15.2 Å². The SMILES string of the molecule is CCC1CCCN(S(=O)(=O)c2cnn(Cc3ccccc3)c2)C1. The van der Waals surface area contributed by atoms with Crippen LogP contribution in [-0.4, -0.2) is 35.6 Å². The van der Waals surface area contributed by atoms with Crippen LogP contribution in [-0.2, 0) is 16.6 Å². The van der Waals surface area contributed by atoms with Crippen LogP contribution in [0, 0.1) is 5.92 Å². The summed E-state index contributed by atoms with van der Waals surface area (Å²) in [5.41, 5.74) is 1.10.